The molecule has 1 amide bonds. The van der Waals surface area contributed by atoms with Gasteiger partial charge in [-0.3, -0.25) is 10.1 Å². The standard InChI is InChI=1S/C25H21N3O2S2/c1-14-11-20-16(3)22(30-21(20)12-15(14)2)23(29)26-24-27-28-25(32-24)31-13-18-9-6-8-17-7-4-5-10-19(17)18/h4-12H,13H2,1-3H3,(H,26,27,29). The molecule has 160 valence electrons. The molecule has 0 aliphatic rings. The molecule has 5 rings (SSSR count). The van der Waals surface area contributed by atoms with Crippen LogP contribution in [-0.4, -0.2) is 16.1 Å². The third-order valence-corrected chi connectivity index (χ3v) is 7.64. The predicted octanol–water partition coefficient (Wildman–Crippen LogP) is 6.91. The number of carbonyl (C=O) groups is 1. The van der Waals surface area contributed by atoms with Crippen LogP contribution in [0.3, 0.4) is 0 Å². The van der Waals surface area contributed by atoms with Crippen LogP contribution in [0.1, 0.15) is 32.8 Å². The van der Waals surface area contributed by atoms with Crippen molar-refractivity contribution < 1.29 is 9.21 Å². The average Bonchev–Trinajstić information content (AvgIpc) is 3.37. The fourth-order valence-corrected chi connectivity index (χ4v) is 5.47. The van der Waals surface area contributed by atoms with E-state index in [1.54, 1.807) is 11.8 Å². The number of aryl methyl sites for hydroxylation is 3. The number of furan rings is 1. The van der Waals surface area contributed by atoms with E-state index in [2.05, 4.69) is 64.9 Å². The molecule has 2 aromatic heterocycles. The van der Waals surface area contributed by atoms with Crippen molar-refractivity contribution in [2.24, 2.45) is 0 Å². The Morgan fingerprint density at radius 1 is 1.00 bits per heavy atom. The van der Waals surface area contributed by atoms with Gasteiger partial charge < -0.3 is 4.42 Å². The Bertz CT molecular complexity index is 1460. The van der Waals surface area contributed by atoms with E-state index < -0.39 is 0 Å². The van der Waals surface area contributed by atoms with Gasteiger partial charge in [-0.15, -0.1) is 10.2 Å². The number of hydrogen-bond donors (Lipinski definition) is 1. The zero-order valence-electron chi connectivity index (χ0n) is 17.9. The number of amides is 1. The second-order valence-electron chi connectivity index (χ2n) is 7.74. The molecule has 0 bridgehead atoms. The highest BCUT2D eigenvalue weighted by Crippen LogP contribution is 2.32. The van der Waals surface area contributed by atoms with E-state index in [9.17, 15) is 4.79 Å². The summed E-state index contributed by atoms with van der Waals surface area (Å²) in [4.78, 5) is 12.8. The predicted molar refractivity (Wildman–Crippen MR) is 132 cm³/mol. The van der Waals surface area contributed by atoms with Crippen molar-refractivity contribution in [2.45, 2.75) is 30.9 Å². The molecule has 2 heterocycles. The first-order chi connectivity index (χ1) is 15.5. The Morgan fingerprint density at radius 3 is 2.66 bits per heavy atom. The molecular formula is C25H21N3O2S2. The van der Waals surface area contributed by atoms with Crippen molar-refractivity contribution in [3.63, 3.8) is 0 Å². The van der Waals surface area contributed by atoms with Crippen molar-refractivity contribution in [3.05, 3.63) is 82.6 Å². The largest absolute Gasteiger partial charge is 0.451 e. The molecule has 0 unspecified atom stereocenters. The normalized spacial score (nSPS) is 11.3. The van der Waals surface area contributed by atoms with Gasteiger partial charge in [0.15, 0.2) is 10.1 Å². The van der Waals surface area contributed by atoms with Crippen molar-refractivity contribution in [3.8, 4) is 0 Å². The number of anilines is 1. The number of rotatable bonds is 5. The van der Waals surface area contributed by atoms with Crippen LogP contribution in [0.5, 0.6) is 0 Å². The number of hydrogen-bond acceptors (Lipinski definition) is 6. The van der Waals surface area contributed by atoms with Gasteiger partial charge >= 0.3 is 0 Å². The van der Waals surface area contributed by atoms with Crippen molar-refractivity contribution in [2.75, 3.05) is 5.32 Å². The molecule has 0 fully saturated rings. The van der Waals surface area contributed by atoms with Crippen LogP contribution in [0.25, 0.3) is 21.7 Å². The summed E-state index contributed by atoms with van der Waals surface area (Å²) in [6, 6.07) is 18.7. The van der Waals surface area contributed by atoms with Crippen molar-refractivity contribution in [1.29, 1.82) is 0 Å². The molecule has 1 N–H and O–H groups in total. The van der Waals surface area contributed by atoms with E-state index in [0.717, 1.165) is 32.2 Å². The molecule has 0 atom stereocenters. The summed E-state index contributed by atoms with van der Waals surface area (Å²) >= 11 is 2.98. The minimum atomic E-state index is -0.309. The first-order valence-electron chi connectivity index (χ1n) is 10.2. The SMILES string of the molecule is Cc1cc2oc(C(=O)Nc3nnc(SCc4cccc5ccccc45)s3)c(C)c2cc1C. The quantitative estimate of drug-likeness (QED) is 0.228. The van der Waals surface area contributed by atoms with E-state index in [1.807, 2.05) is 26.0 Å². The van der Waals surface area contributed by atoms with Gasteiger partial charge in [-0.25, -0.2) is 0 Å². The minimum Gasteiger partial charge on any atom is -0.451 e. The van der Waals surface area contributed by atoms with Gasteiger partial charge in [0.05, 0.1) is 0 Å². The highest BCUT2D eigenvalue weighted by atomic mass is 32.2. The molecule has 32 heavy (non-hydrogen) atoms. The summed E-state index contributed by atoms with van der Waals surface area (Å²) in [5.41, 5.74) is 5.10. The summed E-state index contributed by atoms with van der Waals surface area (Å²) in [6.07, 6.45) is 0. The van der Waals surface area contributed by atoms with E-state index in [4.69, 9.17) is 4.42 Å². The van der Waals surface area contributed by atoms with Crippen LogP contribution in [0.2, 0.25) is 0 Å². The number of nitrogens with one attached hydrogen (secondary N) is 1. The summed E-state index contributed by atoms with van der Waals surface area (Å²) in [5.74, 6) is 0.784. The third kappa shape index (κ3) is 3.89. The lowest BCUT2D eigenvalue weighted by Crippen LogP contribution is -2.11. The maximum absolute atomic E-state index is 12.8. The number of benzene rings is 3. The zero-order valence-corrected chi connectivity index (χ0v) is 19.6. The van der Waals surface area contributed by atoms with E-state index in [-0.39, 0.29) is 5.91 Å². The van der Waals surface area contributed by atoms with Crippen molar-refractivity contribution >= 4 is 55.9 Å². The van der Waals surface area contributed by atoms with Gasteiger partial charge in [0, 0.05) is 16.7 Å². The fraction of sp³-hybridized carbons (Fsp3) is 0.160. The highest BCUT2D eigenvalue weighted by molar-refractivity contribution is 8.00. The lowest BCUT2D eigenvalue weighted by molar-refractivity contribution is 0.0998. The summed E-state index contributed by atoms with van der Waals surface area (Å²) in [6.45, 7) is 5.99. The Hall–Kier alpha value is -3.16. The topological polar surface area (TPSA) is 68.0 Å². The van der Waals surface area contributed by atoms with Gasteiger partial charge in [0.2, 0.25) is 5.13 Å². The number of thioether (sulfide) groups is 1. The van der Waals surface area contributed by atoms with Gasteiger partial charge in [0.1, 0.15) is 5.58 Å². The Morgan fingerprint density at radius 2 is 1.78 bits per heavy atom. The lowest BCUT2D eigenvalue weighted by atomic mass is 10.1. The van der Waals surface area contributed by atoms with Gasteiger partial charge in [-0.05, 0) is 60.4 Å². The average molecular weight is 460 g/mol. The second kappa shape index (κ2) is 8.41. The van der Waals surface area contributed by atoms with Crippen LogP contribution >= 0.6 is 23.1 Å². The first-order valence-corrected chi connectivity index (χ1v) is 12.0. The smallest absolute Gasteiger partial charge is 0.293 e. The molecule has 5 aromatic rings. The Labute approximate surface area is 193 Å². The fourth-order valence-electron chi connectivity index (χ4n) is 3.72. The van der Waals surface area contributed by atoms with Crippen LogP contribution in [0, 0.1) is 20.8 Å². The molecule has 0 saturated carbocycles. The Kier molecular flexibility index (Phi) is 5.45. The van der Waals surface area contributed by atoms with Gasteiger partial charge in [-0.1, -0.05) is 65.6 Å². The van der Waals surface area contributed by atoms with E-state index in [1.165, 1.54) is 33.2 Å². The third-order valence-electron chi connectivity index (χ3n) is 5.62. The molecule has 3 aromatic carbocycles. The molecule has 7 heteroatoms. The number of aromatic nitrogens is 2. The van der Waals surface area contributed by atoms with Crippen LogP contribution in [0.15, 0.2) is 63.4 Å². The van der Waals surface area contributed by atoms with Crippen LogP contribution in [-0.2, 0) is 5.75 Å². The Balaban J connectivity index is 1.30. The molecule has 0 spiro atoms. The van der Waals surface area contributed by atoms with Crippen LogP contribution < -0.4 is 5.32 Å². The number of nitrogens with zero attached hydrogens (tertiary/aromatic N) is 2. The van der Waals surface area contributed by atoms with E-state index >= 15 is 0 Å². The monoisotopic (exact) mass is 459 g/mol. The highest BCUT2D eigenvalue weighted by Gasteiger charge is 2.20. The molecular weight excluding hydrogens is 438 g/mol. The molecule has 5 nitrogen and oxygen atoms in total. The lowest BCUT2D eigenvalue weighted by Gasteiger charge is -2.04. The number of fused-ring (bicyclic) bond motifs is 2. The first kappa shape index (κ1) is 20.7. The summed E-state index contributed by atoms with van der Waals surface area (Å²) in [5, 5.41) is 15.1. The van der Waals surface area contributed by atoms with Crippen molar-refractivity contribution in [1.82, 2.24) is 10.2 Å². The maximum atomic E-state index is 12.8. The van der Waals surface area contributed by atoms with Crippen LogP contribution in [0.4, 0.5) is 5.13 Å². The maximum Gasteiger partial charge on any atom is 0.293 e. The number of carbonyl (C=O) groups excluding carboxylic acids is 1. The minimum absolute atomic E-state index is 0.309. The summed E-state index contributed by atoms with van der Waals surface area (Å²) in [7, 11) is 0. The van der Waals surface area contributed by atoms with Gasteiger partial charge in [0.25, 0.3) is 5.91 Å². The van der Waals surface area contributed by atoms with Gasteiger partial charge in [-0.2, -0.15) is 0 Å². The second-order valence-corrected chi connectivity index (χ2v) is 9.94. The van der Waals surface area contributed by atoms with E-state index in [0.29, 0.717) is 10.9 Å². The summed E-state index contributed by atoms with van der Waals surface area (Å²) < 4.78 is 6.67. The zero-order chi connectivity index (χ0) is 22.2. The molecule has 0 saturated heterocycles. The molecule has 0 radical (unpaired) electrons. The molecule has 0 aliphatic carbocycles. The molecule has 0 aliphatic heterocycles.